The molecule has 0 unspecified atom stereocenters. The zero-order valence-corrected chi connectivity index (χ0v) is 14.5. The van der Waals surface area contributed by atoms with Gasteiger partial charge in [-0.05, 0) is 6.42 Å². The average molecular weight is 267 g/mol. The molecular formula is C12H22KNO3. The molecule has 0 bridgehead atoms. The molecule has 0 spiro atoms. The molecule has 0 saturated heterocycles. The van der Waals surface area contributed by atoms with Crippen LogP contribution in [-0.2, 0) is 9.59 Å². The van der Waals surface area contributed by atoms with Crippen molar-refractivity contribution in [3.8, 4) is 0 Å². The first-order valence-corrected chi connectivity index (χ1v) is 6.01. The standard InChI is InChI=1S/C12H23NO3.K/c1-3-4-5-6-7-8-11(14)13(2)10-9-12(15)16;/h3-10H2,1-2H3,(H,15,16);/q;+1/p-1. The predicted octanol–water partition coefficient (Wildman–Crippen LogP) is -2.05. The third-order valence-corrected chi connectivity index (χ3v) is 2.57. The second kappa shape index (κ2) is 13.0. The number of carboxylic acid groups (broad SMARTS) is 1. The second-order valence-corrected chi connectivity index (χ2v) is 4.10. The molecule has 0 aliphatic carbocycles. The second-order valence-electron chi connectivity index (χ2n) is 4.10. The summed E-state index contributed by atoms with van der Waals surface area (Å²) in [6.07, 6.45) is 5.99. The monoisotopic (exact) mass is 267 g/mol. The van der Waals surface area contributed by atoms with E-state index in [0.717, 1.165) is 12.8 Å². The van der Waals surface area contributed by atoms with Crippen LogP contribution < -0.4 is 56.5 Å². The third-order valence-electron chi connectivity index (χ3n) is 2.57. The summed E-state index contributed by atoms with van der Waals surface area (Å²) in [4.78, 5) is 23.2. The number of rotatable bonds is 9. The zero-order valence-electron chi connectivity index (χ0n) is 11.3. The first kappa shape index (κ1) is 19.9. The van der Waals surface area contributed by atoms with Crippen molar-refractivity contribution in [3.05, 3.63) is 0 Å². The Morgan fingerprint density at radius 2 is 1.65 bits per heavy atom. The zero-order chi connectivity index (χ0) is 12.4. The van der Waals surface area contributed by atoms with Crippen LogP contribution >= 0.6 is 0 Å². The maximum absolute atomic E-state index is 11.5. The molecule has 0 aliphatic rings. The molecule has 0 aromatic rings. The Labute approximate surface area is 147 Å². The van der Waals surface area contributed by atoms with Gasteiger partial charge in [-0.3, -0.25) is 4.79 Å². The van der Waals surface area contributed by atoms with E-state index in [-0.39, 0.29) is 70.3 Å². The minimum atomic E-state index is -1.11. The molecule has 0 aromatic carbocycles. The van der Waals surface area contributed by atoms with E-state index in [1.165, 1.54) is 24.2 Å². The molecule has 0 radical (unpaired) electrons. The minimum absolute atomic E-state index is 0. The van der Waals surface area contributed by atoms with Crippen molar-refractivity contribution >= 4 is 11.9 Å². The van der Waals surface area contributed by atoms with Gasteiger partial charge in [-0.15, -0.1) is 0 Å². The van der Waals surface area contributed by atoms with Crippen molar-refractivity contribution in [2.75, 3.05) is 13.6 Å². The first-order valence-electron chi connectivity index (χ1n) is 6.01. The summed E-state index contributed by atoms with van der Waals surface area (Å²) in [6.45, 7) is 2.40. The van der Waals surface area contributed by atoms with Gasteiger partial charge in [0.15, 0.2) is 0 Å². The van der Waals surface area contributed by atoms with Gasteiger partial charge in [0.2, 0.25) is 5.91 Å². The van der Waals surface area contributed by atoms with Crippen molar-refractivity contribution in [1.29, 1.82) is 0 Å². The van der Waals surface area contributed by atoms with E-state index in [1.54, 1.807) is 7.05 Å². The van der Waals surface area contributed by atoms with E-state index < -0.39 is 5.97 Å². The Balaban J connectivity index is 0. The van der Waals surface area contributed by atoms with Gasteiger partial charge in [-0.1, -0.05) is 32.6 Å². The fourth-order valence-corrected chi connectivity index (χ4v) is 1.45. The Morgan fingerprint density at radius 1 is 1.06 bits per heavy atom. The van der Waals surface area contributed by atoms with Gasteiger partial charge in [0.1, 0.15) is 0 Å². The Kier molecular flexibility index (Phi) is 15.2. The predicted molar refractivity (Wildman–Crippen MR) is 60.6 cm³/mol. The molecule has 0 aromatic heterocycles. The minimum Gasteiger partial charge on any atom is -0.550 e. The number of amides is 1. The van der Waals surface area contributed by atoms with Crippen molar-refractivity contribution in [3.63, 3.8) is 0 Å². The van der Waals surface area contributed by atoms with Gasteiger partial charge in [0.25, 0.3) is 0 Å². The molecule has 94 valence electrons. The van der Waals surface area contributed by atoms with Crippen molar-refractivity contribution in [2.24, 2.45) is 0 Å². The van der Waals surface area contributed by atoms with E-state index in [0.29, 0.717) is 6.42 Å². The molecule has 4 nitrogen and oxygen atoms in total. The van der Waals surface area contributed by atoms with Crippen LogP contribution in [0.3, 0.4) is 0 Å². The van der Waals surface area contributed by atoms with Crippen LogP contribution in [0.4, 0.5) is 0 Å². The van der Waals surface area contributed by atoms with E-state index in [4.69, 9.17) is 0 Å². The van der Waals surface area contributed by atoms with Crippen LogP contribution in [0.25, 0.3) is 0 Å². The van der Waals surface area contributed by atoms with E-state index in [1.807, 2.05) is 0 Å². The molecule has 1 amide bonds. The molecular weight excluding hydrogens is 245 g/mol. The van der Waals surface area contributed by atoms with Crippen LogP contribution in [0.15, 0.2) is 0 Å². The van der Waals surface area contributed by atoms with Crippen LogP contribution in [-0.4, -0.2) is 30.4 Å². The van der Waals surface area contributed by atoms with Gasteiger partial charge < -0.3 is 14.8 Å². The number of carbonyl (C=O) groups excluding carboxylic acids is 2. The number of hydrogen-bond donors (Lipinski definition) is 0. The molecule has 17 heavy (non-hydrogen) atoms. The van der Waals surface area contributed by atoms with E-state index >= 15 is 0 Å². The van der Waals surface area contributed by atoms with Gasteiger partial charge in [0.05, 0.1) is 0 Å². The van der Waals surface area contributed by atoms with Gasteiger partial charge in [0, 0.05) is 32.4 Å². The number of unbranched alkanes of at least 4 members (excludes halogenated alkanes) is 4. The summed E-state index contributed by atoms with van der Waals surface area (Å²) in [5.74, 6) is -1.08. The third kappa shape index (κ3) is 12.8. The summed E-state index contributed by atoms with van der Waals surface area (Å²) in [7, 11) is 1.64. The number of carboxylic acids is 1. The van der Waals surface area contributed by atoms with Crippen LogP contribution in [0, 0.1) is 0 Å². The van der Waals surface area contributed by atoms with Gasteiger partial charge in [-0.25, -0.2) is 0 Å². The number of nitrogens with zero attached hydrogens (tertiary/aromatic N) is 1. The molecule has 0 rings (SSSR count). The molecule has 0 aliphatic heterocycles. The van der Waals surface area contributed by atoms with Gasteiger partial charge >= 0.3 is 51.4 Å². The molecule has 5 heteroatoms. The molecule has 0 heterocycles. The van der Waals surface area contributed by atoms with Crippen LogP contribution in [0.1, 0.15) is 51.9 Å². The molecule has 0 fully saturated rings. The largest absolute Gasteiger partial charge is 1.00 e. The average Bonchev–Trinajstić information content (AvgIpc) is 2.25. The van der Waals surface area contributed by atoms with Gasteiger partial charge in [-0.2, -0.15) is 0 Å². The number of carbonyl (C=O) groups is 2. The van der Waals surface area contributed by atoms with Crippen LogP contribution in [0.2, 0.25) is 0 Å². The van der Waals surface area contributed by atoms with Crippen molar-refractivity contribution < 1.29 is 66.1 Å². The Hall–Kier alpha value is 0.576. The Morgan fingerprint density at radius 3 is 2.18 bits per heavy atom. The van der Waals surface area contributed by atoms with Crippen LogP contribution in [0.5, 0.6) is 0 Å². The molecule has 0 atom stereocenters. The Bertz CT molecular complexity index is 222. The normalized spacial score (nSPS) is 9.53. The quantitative estimate of drug-likeness (QED) is 0.357. The maximum Gasteiger partial charge on any atom is 1.00 e. The van der Waals surface area contributed by atoms with Crippen molar-refractivity contribution in [2.45, 2.75) is 51.9 Å². The fourth-order valence-electron chi connectivity index (χ4n) is 1.45. The van der Waals surface area contributed by atoms with E-state index in [2.05, 4.69) is 6.92 Å². The smallest absolute Gasteiger partial charge is 0.550 e. The summed E-state index contributed by atoms with van der Waals surface area (Å²) in [6, 6.07) is 0. The molecule has 0 saturated carbocycles. The summed E-state index contributed by atoms with van der Waals surface area (Å²) in [5.41, 5.74) is 0. The number of hydrogen-bond acceptors (Lipinski definition) is 3. The topological polar surface area (TPSA) is 60.4 Å². The number of aliphatic carboxylic acids is 1. The fraction of sp³-hybridized carbons (Fsp3) is 0.833. The molecule has 0 N–H and O–H groups in total. The summed E-state index contributed by atoms with van der Waals surface area (Å²) >= 11 is 0. The first-order chi connectivity index (χ1) is 7.57. The maximum atomic E-state index is 11.5. The summed E-state index contributed by atoms with van der Waals surface area (Å²) in [5, 5.41) is 10.2. The SMILES string of the molecule is CCCCCCCC(=O)N(C)CCC(=O)[O-].[K+]. The summed E-state index contributed by atoms with van der Waals surface area (Å²) < 4.78 is 0. The van der Waals surface area contributed by atoms with Crippen molar-refractivity contribution in [1.82, 2.24) is 4.90 Å². The van der Waals surface area contributed by atoms with E-state index in [9.17, 15) is 14.7 Å².